The van der Waals surface area contributed by atoms with Gasteiger partial charge in [0.25, 0.3) is 0 Å². The lowest BCUT2D eigenvalue weighted by Gasteiger charge is -2.11. The van der Waals surface area contributed by atoms with Crippen molar-refractivity contribution in [3.8, 4) is 0 Å². The minimum Gasteiger partial charge on any atom is -0.367 e. The van der Waals surface area contributed by atoms with Gasteiger partial charge in [-0.1, -0.05) is 44.2 Å². The first kappa shape index (κ1) is 13.8. The van der Waals surface area contributed by atoms with Crippen molar-refractivity contribution in [3.63, 3.8) is 0 Å². The number of thiocarbonyl (C=S) groups is 1. The van der Waals surface area contributed by atoms with E-state index in [4.69, 9.17) is 17.0 Å². The van der Waals surface area contributed by atoms with Crippen LogP contribution in [0, 0.1) is 0 Å². The van der Waals surface area contributed by atoms with Gasteiger partial charge < -0.3 is 4.74 Å². The molecule has 0 bridgehead atoms. The smallest absolute Gasteiger partial charge is 0.106 e. The Balaban J connectivity index is 3.38. The van der Waals surface area contributed by atoms with E-state index in [1.54, 1.807) is 23.5 Å². The zero-order valence-corrected chi connectivity index (χ0v) is 11.0. The first-order valence-corrected chi connectivity index (χ1v) is 6.93. The van der Waals surface area contributed by atoms with E-state index in [9.17, 15) is 0 Å². The zero-order chi connectivity index (χ0) is 10.1. The fourth-order valence-corrected chi connectivity index (χ4v) is 3.18. The molecule has 0 aliphatic rings. The van der Waals surface area contributed by atoms with Gasteiger partial charge in [-0.2, -0.15) is 0 Å². The molecule has 0 heterocycles. The van der Waals surface area contributed by atoms with Crippen LogP contribution in [-0.4, -0.2) is 21.3 Å². The number of hydrogen-bond acceptors (Lipinski definition) is 4. The summed E-state index contributed by atoms with van der Waals surface area (Å²) in [5, 5.41) is 0. The van der Waals surface area contributed by atoms with Crippen LogP contribution in [0.3, 0.4) is 0 Å². The van der Waals surface area contributed by atoms with E-state index < -0.39 is 0 Å². The van der Waals surface area contributed by atoms with Gasteiger partial charge in [-0.3, -0.25) is 0 Å². The largest absolute Gasteiger partial charge is 0.367 e. The molecule has 1 unspecified atom stereocenters. The lowest BCUT2D eigenvalue weighted by Crippen LogP contribution is -2.06. The molecular weight excluding hydrogens is 220 g/mol. The van der Waals surface area contributed by atoms with Gasteiger partial charge in [-0.05, 0) is 19.1 Å². The Labute approximate surface area is 95.4 Å². The summed E-state index contributed by atoms with van der Waals surface area (Å²) >= 11 is 8.51. The maximum atomic E-state index is 5.56. The van der Waals surface area contributed by atoms with Crippen molar-refractivity contribution in [2.24, 2.45) is 0 Å². The molecule has 0 spiro atoms. The van der Waals surface area contributed by atoms with Crippen LogP contribution < -0.4 is 0 Å². The third kappa shape index (κ3) is 9.06. The molecule has 1 atom stereocenters. The standard InChI is InChI=1S/C9H18OS3/c1-4-6-7-10-8(3)13-9(11)12-5-2/h8H,4-7H2,1-3H3. The highest BCUT2D eigenvalue weighted by molar-refractivity contribution is 8.47. The summed E-state index contributed by atoms with van der Waals surface area (Å²) in [6.45, 7) is 7.19. The average Bonchev–Trinajstić information content (AvgIpc) is 2.05. The van der Waals surface area contributed by atoms with Crippen molar-refractivity contribution in [2.45, 2.75) is 39.0 Å². The third-order valence-corrected chi connectivity index (χ3v) is 3.84. The van der Waals surface area contributed by atoms with Crippen LogP contribution in [0.2, 0.25) is 0 Å². The van der Waals surface area contributed by atoms with Gasteiger partial charge >= 0.3 is 0 Å². The molecule has 0 radical (unpaired) electrons. The van der Waals surface area contributed by atoms with E-state index in [1.165, 1.54) is 6.42 Å². The fraction of sp³-hybridized carbons (Fsp3) is 0.889. The van der Waals surface area contributed by atoms with E-state index in [1.807, 2.05) is 0 Å². The quantitative estimate of drug-likeness (QED) is 0.394. The third-order valence-electron chi connectivity index (χ3n) is 1.37. The summed E-state index contributed by atoms with van der Waals surface area (Å²) < 4.78 is 6.55. The number of hydrogen-bond donors (Lipinski definition) is 0. The molecule has 13 heavy (non-hydrogen) atoms. The summed E-state index contributed by atoms with van der Waals surface area (Å²) in [5.74, 6) is 1.05. The summed E-state index contributed by atoms with van der Waals surface area (Å²) in [6.07, 6.45) is 2.32. The van der Waals surface area contributed by atoms with Crippen molar-refractivity contribution in [1.29, 1.82) is 0 Å². The Morgan fingerprint density at radius 2 is 2.15 bits per heavy atom. The lowest BCUT2D eigenvalue weighted by molar-refractivity contribution is 0.122. The van der Waals surface area contributed by atoms with E-state index in [0.717, 1.165) is 22.3 Å². The molecule has 0 aliphatic carbocycles. The monoisotopic (exact) mass is 238 g/mol. The van der Waals surface area contributed by atoms with E-state index >= 15 is 0 Å². The predicted octanol–water partition coefficient (Wildman–Crippen LogP) is 3.92. The van der Waals surface area contributed by atoms with Gasteiger partial charge in [0.1, 0.15) is 8.96 Å². The Morgan fingerprint density at radius 3 is 2.69 bits per heavy atom. The van der Waals surface area contributed by atoms with Crippen molar-refractivity contribution in [2.75, 3.05) is 12.4 Å². The Kier molecular flexibility index (Phi) is 9.85. The van der Waals surface area contributed by atoms with Gasteiger partial charge in [0.15, 0.2) is 0 Å². The average molecular weight is 238 g/mol. The van der Waals surface area contributed by atoms with Crippen LogP contribution in [0.15, 0.2) is 0 Å². The molecule has 0 saturated heterocycles. The number of thioether (sulfide) groups is 2. The normalized spacial score (nSPS) is 12.8. The summed E-state index contributed by atoms with van der Waals surface area (Å²) in [5.41, 5.74) is 0.207. The van der Waals surface area contributed by atoms with Crippen molar-refractivity contribution in [3.05, 3.63) is 0 Å². The number of ether oxygens (including phenoxy) is 1. The second-order valence-corrected chi connectivity index (χ2v) is 6.36. The maximum absolute atomic E-state index is 5.56. The van der Waals surface area contributed by atoms with Gasteiger partial charge in [0, 0.05) is 6.61 Å². The van der Waals surface area contributed by atoms with Crippen molar-refractivity contribution in [1.82, 2.24) is 0 Å². The summed E-state index contributed by atoms with van der Waals surface area (Å²) in [7, 11) is 0. The van der Waals surface area contributed by atoms with Gasteiger partial charge in [0.2, 0.25) is 0 Å². The highest BCUT2D eigenvalue weighted by Crippen LogP contribution is 2.22. The van der Waals surface area contributed by atoms with Crippen LogP contribution in [0.4, 0.5) is 0 Å². The molecule has 0 saturated carbocycles. The van der Waals surface area contributed by atoms with E-state index in [2.05, 4.69) is 20.8 Å². The van der Waals surface area contributed by atoms with Crippen molar-refractivity contribution < 1.29 is 4.74 Å². The second-order valence-electron chi connectivity index (χ2n) is 2.59. The first-order chi connectivity index (χ1) is 6.20. The van der Waals surface area contributed by atoms with Crippen LogP contribution in [0.25, 0.3) is 0 Å². The fourth-order valence-electron chi connectivity index (χ4n) is 0.715. The highest BCUT2D eigenvalue weighted by atomic mass is 32.2. The Morgan fingerprint density at radius 1 is 1.46 bits per heavy atom. The van der Waals surface area contributed by atoms with Crippen LogP contribution >= 0.6 is 35.7 Å². The van der Waals surface area contributed by atoms with Gasteiger partial charge in [0.05, 0.1) is 0 Å². The van der Waals surface area contributed by atoms with Crippen LogP contribution in [0.5, 0.6) is 0 Å². The minimum absolute atomic E-state index is 0.207. The number of unbranched alkanes of at least 4 members (excludes halogenated alkanes) is 1. The molecule has 0 aliphatic heterocycles. The molecule has 78 valence electrons. The van der Waals surface area contributed by atoms with Gasteiger partial charge in [-0.25, -0.2) is 0 Å². The molecular formula is C9H18OS3. The van der Waals surface area contributed by atoms with Gasteiger partial charge in [-0.15, -0.1) is 11.8 Å². The summed E-state index contributed by atoms with van der Waals surface area (Å²) in [4.78, 5) is 0. The topological polar surface area (TPSA) is 9.23 Å². The molecule has 0 fully saturated rings. The molecule has 0 aromatic carbocycles. The van der Waals surface area contributed by atoms with Crippen LogP contribution in [-0.2, 0) is 4.74 Å². The van der Waals surface area contributed by atoms with E-state index in [0.29, 0.717) is 0 Å². The zero-order valence-electron chi connectivity index (χ0n) is 8.54. The molecule has 0 amide bonds. The molecule has 1 nitrogen and oxygen atoms in total. The van der Waals surface area contributed by atoms with E-state index in [-0.39, 0.29) is 5.44 Å². The van der Waals surface area contributed by atoms with Crippen LogP contribution in [0.1, 0.15) is 33.6 Å². The highest BCUT2D eigenvalue weighted by Gasteiger charge is 2.05. The Hall–Kier alpha value is 0.750. The molecule has 0 aromatic heterocycles. The lowest BCUT2D eigenvalue weighted by atomic mass is 10.4. The predicted molar refractivity (Wildman–Crippen MR) is 68.6 cm³/mol. The maximum Gasteiger partial charge on any atom is 0.106 e. The molecule has 0 N–H and O–H groups in total. The van der Waals surface area contributed by atoms with Crippen molar-refractivity contribution >= 4 is 39.3 Å². The SMILES string of the molecule is CCCCOC(C)SC(=S)SCC. The molecule has 0 aromatic rings. The molecule has 4 heteroatoms. The Bertz CT molecular complexity index is 139. The molecule has 0 rings (SSSR count). The minimum atomic E-state index is 0.207. The second kappa shape index (κ2) is 9.31. The first-order valence-electron chi connectivity index (χ1n) is 4.65. The number of rotatable bonds is 6. The summed E-state index contributed by atoms with van der Waals surface area (Å²) in [6, 6.07) is 0.